The van der Waals surface area contributed by atoms with Crippen LogP contribution in [-0.4, -0.2) is 43.5 Å². The van der Waals surface area contributed by atoms with E-state index in [2.05, 4.69) is 0 Å². The van der Waals surface area contributed by atoms with Crippen molar-refractivity contribution < 1.29 is 34.8 Å². The van der Waals surface area contributed by atoms with E-state index in [0.29, 0.717) is 12.0 Å². The van der Waals surface area contributed by atoms with Crippen LogP contribution >= 0.6 is 0 Å². The van der Waals surface area contributed by atoms with Crippen molar-refractivity contribution in [3.63, 3.8) is 0 Å². The fourth-order valence-electron chi connectivity index (χ4n) is 4.98. The number of hydrogen-bond acceptors (Lipinski definition) is 7. The molecule has 8 heteroatoms. The molecular weight excluding hydrogens is 390 g/mol. The van der Waals surface area contributed by atoms with Crippen molar-refractivity contribution in [1.82, 2.24) is 0 Å². The van der Waals surface area contributed by atoms with E-state index in [9.17, 15) is 34.8 Å². The number of allylic oxidation sites excluding steroid dienone is 3. The van der Waals surface area contributed by atoms with E-state index >= 15 is 0 Å². The molecule has 6 N–H and O–H groups in total. The Morgan fingerprint density at radius 1 is 1.20 bits per heavy atom. The van der Waals surface area contributed by atoms with Gasteiger partial charge in [-0.25, -0.2) is 0 Å². The summed E-state index contributed by atoms with van der Waals surface area (Å²) < 4.78 is 0. The van der Waals surface area contributed by atoms with Crippen LogP contribution in [0.4, 0.5) is 0 Å². The lowest BCUT2D eigenvalue weighted by molar-refractivity contribution is -0.144. The van der Waals surface area contributed by atoms with Crippen LogP contribution in [0.15, 0.2) is 40.9 Å². The molecule has 1 aromatic carbocycles. The molecule has 3 atom stereocenters. The maximum Gasteiger partial charge on any atom is 0.255 e. The highest BCUT2D eigenvalue weighted by Crippen LogP contribution is 2.51. The lowest BCUT2D eigenvalue weighted by Crippen LogP contribution is -2.57. The Bertz CT molecular complexity index is 1110. The SMILES string of the molecule is C/C=C\c1ccc(O)c2c1CC1CC3CC(O)=C(C(N)=O)C(=O)[C@@]3(O)C(O)=C1C2=O. The average molecular weight is 411 g/mol. The van der Waals surface area contributed by atoms with Gasteiger partial charge in [0, 0.05) is 17.9 Å². The molecule has 156 valence electrons. The number of carbonyl (C=O) groups is 3. The summed E-state index contributed by atoms with van der Waals surface area (Å²) in [5, 5.41) is 42.5. The molecule has 3 aliphatic carbocycles. The number of primary amides is 1. The molecule has 0 saturated heterocycles. The molecule has 0 saturated carbocycles. The Labute approximate surface area is 171 Å². The van der Waals surface area contributed by atoms with E-state index in [4.69, 9.17) is 5.73 Å². The van der Waals surface area contributed by atoms with Crippen molar-refractivity contribution in [3.8, 4) is 5.75 Å². The summed E-state index contributed by atoms with van der Waals surface area (Å²) in [6.45, 7) is 1.82. The highest BCUT2D eigenvalue weighted by atomic mass is 16.3. The van der Waals surface area contributed by atoms with Gasteiger partial charge in [0.1, 0.15) is 22.8 Å². The predicted molar refractivity (Wildman–Crippen MR) is 106 cm³/mol. The van der Waals surface area contributed by atoms with Crippen LogP contribution in [-0.2, 0) is 16.0 Å². The van der Waals surface area contributed by atoms with Gasteiger partial charge in [-0.2, -0.15) is 0 Å². The van der Waals surface area contributed by atoms with E-state index in [0.717, 1.165) is 5.56 Å². The zero-order valence-electron chi connectivity index (χ0n) is 16.2. The summed E-state index contributed by atoms with van der Waals surface area (Å²) in [6, 6.07) is 3.06. The highest BCUT2D eigenvalue weighted by molar-refractivity contribution is 6.24. The standard InChI is InChI=1S/C22H21NO7/c1-2-3-9-4-5-13(24)16-12(9)7-10-6-11-8-14(25)17(21(23)29)20(28)22(11,30)19(27)15(10)18(16)26/h2-5,10-11,24-25,27,30H,6-8H2,1H3,(H2,23,29)/b3-2-/t10?,11?,22-/m0/s1. The van der Waals surface area contributed by atoms with E-state index in [-0.39, 0.29) is 29.7 Å². The molecule has 1 aromatic rings. The number of fused-ring (bicyclic) bond motifs is 3. The average Bonchev–Trinajstić information content (AvgIpc) is 2.66. The van der Waals surface area contributed by atoms with Gasteiger partial charge in [-0.15, -0.1) is 0 Å². The smallest absolute Gasteiger partial charge is 0.255 e. The quantitative estimate of drug-likeness (QED) is 0.462. The molecule has 0 spiro atoms. The Morgan fingerprint density at radius 3 is 2.53 bits per heavy atom. The second-order valence-electron chi connectivity index (χ2n) is 7.94. The summed E-state index contributed by atoms with van der Waals surface area (Å²) in [5.41, 5.74) is 3.08. The fraction of sp³-hybridized carbons (Fsp3) is 0.318. The molecular formula is C22H21NO7. The molecule has 4 rings (SSSR count). The number of aliphatic hydroxyl groups is 3. The Balaban J connectivity index is 1.92. The minimum atomic E-state index is -2.54. The van der Waals surface area contributed by atoms with Crippen molar-refractivity contribution in [2.45, 2.75) is 31.8 Å². The zero-order valence-corrected chi connectivity index (χ0v) is 16.2. The van der Waals surface area contributed by atoms with Crippen LogP contribution in [0.5, 0.6) is 5.75 Å². The van der Waals surface area contributed by atoms with Crippen molar-refractivity contribution in [3.05, 3.63) is 57.6 Å². The number of carbonyl (C=O) groups excluding carboxylic acids is 3. The van der Waals surface area contributed by atoms with Crippen LogP contribution in [0.2, 0.25) is 0 Å². The molecule has 8 nitrogen and oxygen atoms in total. The first-order valence-electron chi connectivity index (χ1n) is 9.57. The van der Waals surface area contributed by atoms with Crippen molar-refractivity contribution in [1.29, 1.82) is 0 Å². The topological polar surface area (TPSA) is 158 Å². The van der Waals surface area contributed by atoms with Gasteiger partial charge in [-0.1, -0.05) is 18.2 Å². The Kier molecular flexibility index (Phi) is 4.36. The van der Waals surface area contributed by atoms with E-state index < -0.39 is 52.0 Å². The monoisotopic (exact) mass is 411 g/mol. The van der Waals surface area contributed by atoms with Gasteiger partial charge in [-0.05, 0) is 42.9 Å². The first-order chi connectivity index (χ1) is 14.1. The van der Waals surface area contributed by atoms with Crippen LogP contribution in [0.25, 0.3) is 6.08 Å². The minimum Gasteiger partial charge on any atom is -0.511 e. The lowest BCUT2D eigenvalue weighted by Gasteiger charge is -2.45. The summed E-state index contributed by atoms with van der Waals surface area (Å²) in [4.78, 5) is 37.7. The van der Waals surface area contributed by atoms with E-state index in [1.807, 2.05) is 6.92 Å². The van der Waals surface area contributed by atoms with Crippen molar-refractivity contribution >= 4 is 23.5 Å². The molecule has 0 radical (unpaired) electrons. The maximum atomic E-state index is 13.3. The molecule has 1 amide bonds. The second-order valence-corrected chi connectivity index (χ2v) is 7.94. The number of amides is 1. The van der Waals surface area contributed by atoms with Gasteiger partial charge < -0.3 is 26.2 Å². The van der Waals surface area contributed by atoms with Crippen LogP contribution in [0.1, 0.15) is 41.3 Å². The van der Waals surface area contributed by atoms with Gasteiger partial charge in [0.25, 0.3) is 5.91 Å². The lowest BCUT2D eigenvalue weighted by atomic mass is 9.60. The normalized spacial score (nSPS) is 28.5. The van der Waals surface area contributed by atoms with Gasteiger partial charge >= 0.3 is 0 Å². The van der Waals surface area contributed by atoms with Gasteiger partial charge in [-0.3, -0.25) is 14.4 Å². The first kappa shape index (κ1) is 19.9. The molecule has 0 fully saturated rings. The van der Waals surface area contributed by atoms with Crippen molar-refractivity contribution in [2.24, 2.45) is 17.6 Å². The Hall–Kier alpha value is -3.39. The van der Waals surface area contributed by atoms with Gasteiger partial charge in [0.2, 0.25) is 5.78 Å². The van der Waals surface area contributed by atoms with Crippen LogP contribution in [0.3, 0.4) is 0 Å². The number of phenols is 1. The third kappa shape index (κ3) is 2.46. The third-order valence-corrected chi connectivity index (χ3v) is 6.33. The summed E-state index contributed by atoms with van der Waals surface area (Å²) >= 11 is 0. The largest absolute Gasteiger partial charge is 0.511 e. The van der Waals surface area contributed by atoms with Crippen LogP contribution < -0.4 is 5.73 Å². The zero-order chi connectivity index (χ0) is 22.0. The predicted octanol–water partition coefficient (Wildman–Crippen LogP) is 1.61. The Morgan fingerprint density at radius 2 is 1.90 bits per heavy atom. The number of aromatic hydroxyl groups is 1. The number of Topliss-reactive ketones (excluding diaryl/α,β-unsaturated/α-hetero) is 2. The van der Waals surface area contributed by atoms with Gasteiger partial charge in [0.05, 0.1) is 5.56 Å². The molecule has 3 aliphatic rings. The number of rotatable bonds is 2. The highest BCUT2D eigenvalue weighted by Gasteiger charge is 2.59. The maximum absolute atomic E-state index is 13.3. The summed E-state index contributed by atoms with van der Waals surface area (Å²) in [7, 11) is 0. The van der Waals surface area contributed by atoms with Crippen LogP contribution in [0, 0.1) is 11.8 Å². The fourth-order valence-corrected chi connectivity index (χ4v) is 4.98. The molecule has 0 aliphatic heterocycles. The number of aliphatic hydroxyl groups excluding tert-OH is 2. The summed E-state index contributed by atoms with van der Waals surface area (Å²) in [5.74, 6) is -6.23. The number of benzene rings is 1. The van der Waals surface area contributed by atoms with E-state index in [1.54, 1.807) is 18.2 Å². The van der Waals surface area contributed by atoms with Gasteiger partial charge in [0.15, 0.2) is 11.4 Å². The van der Waals surface area contributed by atoms with E-state index in [1.165, 1.54) is 6.07 Å². The number of hydrogen-bond donors (Lipinski definition) is 5. The molecule has 0 aromatic heterocycles. The first-order valence-corrected chi connectivity index (χ1v) is 9.57. The minimum absolute atomic E-state index is 0.0159. The third-order valence-electron chi connectivity index (χ3n) is 6.33. The van der Waals surface area contributed by atoms with Crippen molar-refractivity contribution in [2.75, 3.05) is 0 Å². The second kappa shape index (κ2) is 6.56. The number of phenolic OH excluding ortho intramolecular Hbond substituents is 1. The molecule has 2 unspecified atom stereocenters. The number of nitrogens with two attached hydrogens (primary N) is 1. The summed E-state index contributed by atoms with van der Waals surface area (Å²) in [6.07, 6.45) is 3.78. The molecule has 30 heavy (non-hydrogen) atoms. The molecule has 0 bridgehead atoms. The number of ketones is 2. The molecule has 0 heterocycles.